The maximum Gasteiger partial charge on any atom is 0.278 e. The first-order chi connectivity index (χ1) is 18.0. The van der Waals surface area contributed by atoms with Gasteiger partial charge in [-0.1, -0.05) is 17.4 Å². The molecule has 1 aromatic carbocycles. The first-order valence-corrected chi connectivity index (χ1v) is 12.9. The van der Waals surface area contributed by atoms with Crippen molar-refractivity contribution in [1.82, 2.24) is 25.1 Å². The number of aromatic nitrogens is 3. The fourth-order valence-corrected chi connectivity index (χ4v) is 6.25. The third kappa shape index (κ3) is 4.20. The van der Waals surface area contributed by atoms with Crippen LogP contribution in [0.4, 0.5) is 8.78 Å². The quantitative estimate of drug-likeness (QED) is 0.517. The van der Waals surface area contributed by atoms with Crippen LogP contribution in [-0.4, -0.2) is 62.5 Å². The Labute approximate surface area is 220 Å². The molecule has 1 aliphatic carbocycles. The fraction of sp³-hybridized carbons (Fsp3) is 0.400. The largest absolute Gasteiger partial charge is 0.502 e. The highest BCUT2D eigenvalue weighted by Gasteiger charge is 2.50. The third-order valence-corrected chi connectivity index (χ3v) is 8.43. The van der Waals surface area contributed by atoms with Crippen LogP contribution < -0.4 is 15.8 Å². The van der Waals surface area contributed by atoms with E-state index in [9.17, 15) is 28.3 Å². The van der Waals surface area contributed by atoms with Gasteiger partial charge in [0.1, 0.15) is 22.3 Å². The molecule has 0 radical (unpaired) electrons. The topological polar surface area (TPSA) is 121 Å². The van der Waals surface area contributed by atoms with Crippen LogP contribution in [0.3, 0.4) is 0 Å². The van der Waals surface area contributed by atoms with Crippen LogP contribution in [0.15, 0.2) is 29.2 Å². The van der Waals surface area contributed by atoms with Gasteiger partial charge in [-0.05, 0) is 37.3 Å². The second kappa shape index (κ2) is 9.46. The zero-order valence-corrected chi connectivity index (χ0v) is 21.8. The van der Waals surface area contributed by atoms with Gasteiger partial charge >= 0.3 is 0 Å². The molecular weight excluding hydrogens is 518 g/mol. The van der Waals surface area contributed by atoms with Crippen LogP contribution in [0.5, 0.6) is 5.75 Å². The number of hydrogen-bond donors (Lipinski definition) is 2. The van der Waals surface area contributed by atoms with E-state index in [0.717, 1.165) is 23.5 Å². The SMILES string of the molecule is CC(=O)NC1CCC2(CC1)N(C)C(=O)c1c(O)c(=O)c(-c3nnc(Cc4ccc(F)cc4F)s3)cn1N2C. The maximum absolute atomic E-state index is 14.1. The van der Waals surface area contributed by atoms with Crippen molar-refractivity contribution in [2.24, 2.45) is 0 Å². The minimum atomic E-state index is -0.771. The van der Waals surface area contributed by atoms with E-state index in [4.69, 9.17) is 0 Å². The molecule has 0 unspecified atom stereocenters. The van der Waals surface area contributed by atoms with E-state index in [1.165, 1.54) is 23.9 Å². The van der Waals surface area contributed by atoms with Crippen molar-refractivity contribution in [2.75, 3.05) is 19.1 Å². The summed E-state index contributed by atoms with van der Waals surface area (Å²) < 4.78 is 28.8. The molecule has 2 aliphatic rings. The molecule has 3 aromatic rings. The summed E-state index contributed by atoms with van der Waals surface area (Å²) >= 11 is 1.04. The molecule has 200 valence electrons. The van der Waals surface area contributed by atoms with Gasteiger partial charge in [-0.3, -0.25) is 24.1 Å². The molecule has 1 spiro atoms. The normalized spacial score (nSPS) is 21.1. The zero-order valence-electron chi connectivity index (χ0n) is 21.0. The van der Waals surface area contributed by atoms with Crippen molar-refractivity contribution in [2.45, 2.75) is 50.7 Å². The summed E-state index contributed by atoms with van der Waals surface area (Å²) in [6.07, 6.45) is 3.93. The van der Waals surface area contributed by atoms with Gasteiger partial charge in [0.25, 0.3) is 5.91 Å². The molecule has 0 saturated heterocycles. The predicted octanol–water partition coefficient (Wildman–Crippen LogP) is 2.37. The fourth-order valence-electron chi connectivity index (χ4n) is 5.38. The summed E-state index contributed by atoms with van der Waals surface area (Å²) in [6, 6.07) is 3.26. The van der Waals surface area contributed by atoms with E-state index in [0.29, 0.717) is 30.7 Å². The number of nitrogens with one attached hydrogen (secondary N) is 1. The second-order valence-corrected chi connectivity index (χ2v) is 10.7. The molecule has 38 heavy (non-hydrogen) atoms. The highest BCUT2D eigenvalue weighted by Crippen LogP contribution is 2.40. The number of fused-ring (bicyclic) bond motifs is 1. The molecule has 2 amide bonds. The number of amides is 2. The molecule has 0 atom stereocenters. The Kier molecular flexibility index (Phi) is 6.41. The number of carbonyl (C=O) groups excluding carboxylic acids is 2. The first-order valence-electron chi connectivity index (χ1n) is 12.1. The Morgan fingerprint density at radius 1 is 1.21 bits per heavy atom. The van der Waals surface area contributed by atoms with Crippen LogP contribution >= 0.6 is 11.3 Å². The van der Waals surface area contributed by atoms with E-state index >= 15 is 0 Å². The number of halogens is 2. The van der Waals surface area contributed by atoms with E-state index in [2.05, 4.69) is 15.5 Å². The summed E-state index contributed by atoms with van der Waals surface area (Å²) in [7, 11) is 3.42. The lowest BCUT2D eigenvalue weighted by Gasteiger charge is -2.55. The summed E-state index contributed by atoms with van der Waals surface area (Å²) in [5.41, 5.74) is -1.39. The van der Waals surface area contributed by atoms with Gasteiger partial charge in [-0.2, -0.15) is 0 Å². The maximum atomic E-state index is 14.1. The molecule has 1 saturated carbocycles. The summed E-state index contributed by atoms with van der Waals surface area (Å²) in [5, 5.41) is 24.3. The van der Waals surface area contributed by atoms with Crippen LogP contribution in [-0.2, 0) is 11.2 Å². The van der Waals surface area contributed by atoms with Crippen LogP contribution in [0.25, 0.3) is 10.6 Å². The average Bonchev–Trinajstić information content (AvgIpc) is 3.34. The Morgan fingerprint density at radius 3 is 2.58 bits per heavy atom. The minimum Gasteiger partial charge on any atom is -0.502 e. The van der Waals surface area contributed by atoms with Crippen molar-refractivity contribution >= 4 is 23.2 Å². The molecule has 0 bridgehead atoms. The molecule has 3 heterocycles. The Balaban J connectivity index is 1.50. The number of nitrogens with zero attached hydrogens (tertiary/aromatic N) is 5. The number of hydrogen-bond acceptors (Lipinski definition) is 8. The van der Waals surface area contributed by atoms with Gasteiger partial charge in [0.2, 0.25) is 11.3 Å². The number of rotatable bonds is 4. The number of aromatic hydroxyl groups is 1. The van der Waals surface area contributed by atoms with Crippen LogP contribution in [0.2, 0.25) is 0 Å². The Bertz CT molecular complexity index is 1500. The molecule has 5 rings (SSSR count). The predicted molar refractivity (Wildman–Crippen MR) is 135 cm³/mol. The van der Waals surface area contributed by atoms with Crippen molar-refractivity contribution in [3.63, 3.8) is 0 Å². The third-order valence-electron chi connectivity index (χ3n) is 7.47. The highest BCUT2D eigenvalue weighted by atomic mass is 32.1. The van der Waals surface area contributed by atoms with E-state index in [-0.39, 0.29) is 40.2 Å². The molecule has 2 aromatic heterocycles. The van der Waals surface area contributed by atoms with Gasteiger partial charge in [0.15, 0.2) is 16.5 Å². The van der Waals surface area contributed by atoms with Crippen molar-refractivity contribution in [3.8, 4) is 16.3 Å². The molecule has 2 N–H and O–H groups in total. The van der Waals surface area contributed by atoms with E-state index in [1.807, 2.05) is 5.01 Å². The van der Waals surface area contributed by atoms with Gasteiger partial charge < -0.3 is 15.3 Å². The number of pyridine rings is 1. The van der Waals surface area contributed by atoms with Crippen LogP contribution in [0.1, 0.15) is 53.7 Å². The van der Waals surface area contributed by atoms with E-state index < -0.39 is 34.4 Å². The lowest BCUT2D eigenvalue weighted by Crippen LogP contribution is -2.69. The van der Waals surface area contributed by atoms with Crippen LogP contribution in [0, 0.1) is 11.6 Å². The molecule has 1 aliphatic heterocycles. The van der Waals surface area contributed by atoms with Gasteiger partial charge in [0, 0.05) is 45.7 Å². The molecule has 13 heteroatoms. The summed E-state index contributed by atoms with van der Waals surface area (Å²) in [6.45, 7) is 1.47. The average molecular weight is 545 g/mol. The Morgan fingerprint density at radius 2 is 1.92 bits per heavy atom. The summed E-state index contributed by atoms with van der Waals surface area (Å²) in [5.74, 6) is -2.70. The molecular formula is C25H26F2N6O4S. The molecule has 1 fully saturated rings. The second-order valence-electron chi connectivity index (χ2n) is 9.67. The van der Waals surface area contributed by atoms with Gasteiger partial charge in [-0.25, -0.2) is 8.78 Å². The summed E-state index contributed by atoms with van der Waals surface area (Å²) in [4.78, 5) is 39.6. The number of benzene rings is 1. The first kappa shape index (κ1) is 25.8. The van der Waals surface area contributed by atoms with Gasteiger partial charge in [0.05, 0.1) is 5.56 Å². The van der Waals surface area contributed by atoms with E-state index in [1.54, 1.807) is 19.0 Å². The standard InChI is InChI=1S/C25H26F2N6O4S/c1-13(34)28-16-6-8-25(9-7-16)31(2)24(37)20-22(36)21(35)17(12-33(20)32(25)3)23-30-29-19(38-23)10-14-4-5-15(26)11-18(14)27/h4-5,11-12,16,36H,6-10H2,1-3H3,(H,28,34). The number of carbonyl (C=O) groups is 2. The lowest BCUT2D eigenvalue weighted by molar-refractivity contribution is -0.120. The molecule has 10 nitrogen and oxygen atoms in total. The Hall–Kier alpha value is -3.87. The lowest BCUT2D eigenvalue weighted by atomic mass is 9.83. The highest BCUT2D eigenvalue weighted by molar-refractivity contribution is 7.14. The smallest absolute Gasteiger partial charge is 0.278 e. The minimum absolute atomic E-state index is 0.000152. The van der Waals surface area contributed by atoms with Crippen molar-refractivity contribution < 1.29 is 23.5 Å². The zero-order chi connectivity index (χ0) is 27.4. The van der Waals surface area contributed by atoms with Crippen molar-refractivity contribution in [3.05, 3.63) is 62.5 Å². The monoisotopic (exact) mass is 544 g/mol. The van der Waals surface area contributed by atoms with Gasteiger partial charge in [-0.15, -0.1) is 10.2 Å². The van der Waals surface area contributed by atoms with Crippen molar-refractivity contribution in [1.29, 1.82) is 0 Å².